The van der Waals surface area contributed by atoms with E-state index >= 15 is 0 Å². The van der Waals surface area contributed by atoms with E-state index in [4.69, 9.17) is 0 Å². The lowest BCUT2D eigenvalue weighted by Crippen LogP contribution is -2.09. The largest absolute Gasteiger partial charge is 0.316 e. The van der Waals surface area contributed by atoms with Crippen LogP contribution in [0, 0.1) is 5.82 Å². The van der Waals surface area contributed by atoms with Crippen LogP contribution in [0.2, 0.25) is 0 Å². The zero-order valence-corrected chi connectivity index (χ0v) is 8.68. The Morgan fingerprint density at radius 2 is 2.00 bits per heavy atom. The van der Waals surface area contributed by atoms with E-state index in [1.165, 1.54) is 17.7 Å². The fourth-order valence-corrected chi connectivity index (χ4v) is 1.30. The predicted molar refractivity (Wildman–Crippen MR) is 58.6 cm³/mol. The van der Waals surface area contributed by atoms with Gasteiger partial charge in [-0.3, -0.25) is 0 Å². The van der Waals surface area contributed by atoms with E-state index in [2.05, 4.69) is 18.3 Å². The minimum Gasteiger partial charge on any atom is -0.316 e. The van der Waals surface area contributed by atoms with Crippen LogP contribution in [0.4, 0.5) is 4.39 Å². The van der Waals surface area contributed by atoms with Crippen LogP contribution in [0.3, 0.4) is 0 Å². The summed E-state index contributed by atoms with van der Waals surface area (Å²) >= 11 is 0. The summed E-state index contributed by atoms with van der Waals surface area (Å²) in [6, 6.07) is 6.55. The van der Waals surface area contributed by atoms with E-state index in [0.717, 1.165) is 18.5 Å². The topological polar surface area (TPSA) is 12.0 Å². The molecule has 0 bridgehead atoms. The Morgan fingerprint density at radius 1 is 1.36 bits per heavy atom. The summed E-state index contributed by atoms with van der Waals surface area (Å²) in [4.78, 5) is 0. The smallest absolute Gasteiger partial charge is 0.123 e. The van der Waals surface area contributed by atoms with Gasteiger partial charge < -0.3 is 5.32 Å². The van der Waals surface area contributed by atoms with Gasteiger partial charge in [0.2, 0.25) is 0 Å². The van der Waals surface area contributed by atoms with Crippen molar-refractivity contribution in [2.24, 2.45) is 0 Å². The Hall–Kier alpha value is -1.15. The Bertz CT molecular complexity index is 301. The first-order valence-electron chi connectivity index (χ1n) is 4.86. The quantitative estimate of drug-likeness (QED) is 0.775. The zero-order valence-electron chi connectivity index (χ0n) is 8.68. The second-order valence-corrected chi connectivity index (χ2v) is 3.24. The van der Waals surface area contributed by atoms with Gasteiger partial charge in [0.25, 0.3) is 0 Å². The van der Waals surface area contributed by atoms with Gasteiger partial charge in [-0.15, -0.1) is 0 Å². The van der Waals surface area contributed by atoms with Crippen molar-refractivity contribution in [3.05, 3.63) is 41.2 Å². The molecule has 0 saturated heterocycles. The molecule has 0 aliphatic rings. The maximum Gasteiger partial charge on any atom is 0.123 e. The van der Waals surface area contributed by atoms with Crippen molar-refractivity contribution < 1.29 is 4.39 Å². The molecule has 76 valence electrons. The van der Waals surface area contributed by atoms with Crippen molar-refractivity contribution in [3.8, 4) is 0 Å². The van der Waals surface area contributed by atoms with E-state index in [0.29, 0.717) is 0 Å². The summed E-state index contributed by atoms with van der Waals surface area (Å²) in [5, 5.41) is 3.11. The molecule has 0 fully saturated rings. The van der Waals surface area contributed by atoms with Gasteiger partial charge in [0.05, 0.1) is 0 Å². The predicted octanol–water partition coefficient (Wildman–Crippen LogP) is 2.84. The molecule has 0 atom stereocenters. The second kappa shape index (κ2) is 5.55. The lowest BCUT2D eigenvalue weighted by molar-refractivity contribution is 0.627. The van der Waals surface area contributed by atoms with Gasteiger partial charge in [-0.05, 0) is 31.2 Å². The first-order chi connectivity index (χ1) is 6.76. The van der Waals surface area contributed by atoms with Crippen LogP contribution in [0.1, 0.15) is 18.9 Å². The summed E-state index contributed by atoms with van der Waals surface area (Å²) in [7, 11) is 1.92. The third kappa shape index (κ3) is 3.30. The van der Waals surface area contributed by atoms with Gasteiger partial charge >= 0.3 is 0 Å². The molecule has 0 aliphatic carbocycles. The number of likely N-dealkylation sites (N-methyl/N-ethyl adjacent to an activating group) is 1. The molecule has 1 aromatic rings. The van der Waals surface area contributed by atoms with Crippen molar-refractivity contribution in [1.29, 1.82) is 0 Å². The molecular weight excluding hydrogens is 177 g/mol. The number of hydrogen-bond donors (Lipinski definition) is 1. The van der Waals surface area contributed by atoms with Gasteiger partial charge in [-0.25, -0.2) is 4.39 Å². The highest BCUT2D eigenvalue weighted by atomic mass is 19.1. The molecule has 0 spiro atoms. The van der Waals surface area contributed by atoms with Crippen LogP contribution in [0.25, 0.3) is 6.08 Å². The highest BCUT2D eigenvalue weighted by molar-refractivity contribution is 5.52. The maximum absolute atomic E-state index is 12.6. The molecule has 1 nitrogen and oxygen atoms in total. The monoisotopic (exact) mass is 193 g/mol. The second-order valence-electron chi connectivity index (χ2n) is 3.24. The molecule has 0 unspecified atom stereocenters. The maximum atomic E-state index is 12.6. The molecule has 1 aromatic carbocycles. The number of halogens is 1. The molecule has 1 N–H and O–H groups in total. The summed E-state index contributed by atoms with van der Waals surface area (Å²) < 4.78 is 12.6. The summed E-state index contributed by atoms with van der Waals surface area (Å²) in [6.07, 6.45) is 3.11. The van der Waals surface area contributed by atoms with Gasteiger partial charge in [-0.1, -0.05) is 30.7 Å². The van der Waals surface area contributed by atoms with E-state index in [1.54, 1.807) is 12.1 Å². The van der Waals surface area contributed by atoms with Crippen molar-refractivity contribution >= 4 is 6.08 Å². The molecule has 0 amide bonds. The SMILES string of the molecule is CCC(=Cc1ccc(F)cc1)CNC. The van der Waals surface area contributed by atoms with E-state index in [1.807, 2.05) is 7.05 Å². The van der Waals surface area contributed by atoms with Crippen molar-refractivity contribution in [2.75, 3.05) is 13.6 Å². The van der Waals surface area contributed by atoms with Crippen LogP contribution in [0.15, 0.2) is 29.8 Å². The van der Waals surface area contributed by atoms with Crippen LogP contribution in [-0.4, -0.2) is 13.6 Å². The minimum absolute atomic E-state index is 0.186. The van der Waals surface area contributed by atoms with Crippen LogP contribution < -0.4 is 5.32 Å². The number of benzene rings is 1. The standard InChI is InChI=1S/C12H16FN/c1-3-10(9-14-2)8-11-4-6-12(13)7-5-11/h4-8,14H,3,9H2,1-2H3. The molecule has 0 radical (unpaired) electrons. The minimum atomic E-state index is -0.186. The third-order valence-electron chi connectivity index (χ3n) is 2.10. The summed E-state index contributed by atoms with van der Waals surface area (Å²) in [6.45, 7) is 3.00. The first kappa shape index (κ1) is 10.9. The zero-order chi connectivity index (χ0) is 10.4. The molecule has 0 aromatic heterocycles. The van der Waals surface area contributed by atoms with Crippen LogP contribution in [0.5, 0.6) is 0 Å². The summed E-state index contributed by atoms with van der Waals surface area (Å²) in [5.74, 6) is -0.186. The van der Waals surface area contributed by atoms with Crippen molar-refractivity contribution in [2.45, 2.75) is 13.3 Å². The average molecular weight is 193 g/mol. The fraction of sp³-hybridized carbons (Fsp3) is 0.333. The Kier molecular flexibility index (Phi) is 4.33. The Labute approximate surface area is 84.6 Å². The van der Waals surface area contributed by atoms with Crippen molar-refractivity contribution in [3.63, 3.8) is 0 Å². The van der Waals surface area contributed by atoms with Gasteiger partial charge in [-0.2, -0.15) is 0 Å². The van der Waals surface area contributed by atoms with E-state index < -0.39 is 0 Å². The van der Waals surface area contributed by atoms with Gasteiger partial charge in [0, 0.05) is 6.54 Å². The van der Waals surface area contributed by atoms with Gasteiger partial charge in [0.1, 0.15) is 5.82 Å². The van der Waals surface area contributed by atoms with E-state index in [-0.39, 0.29) is 5.82 Å². The van der Waals surface area contributed by atoms with E-state index in [9.17, 15) is 4.39 Å². The third-order valence-corrected chi connectivity index (χ3v) is 2.10. The Balaban J connectivity index is 2.78. The normalized spacial score (nSPS) is 11.8. The first-order valence-corrected chi connectivity index (χ1v) is 4.86. The molecule has 0 heterocycles. The molecular formula is C12H16FN. The highest BCUT2D eigenvalue weighted by Crippen LogP contribution is 2.09. The number of hydrogen-bond acceptors (Lipinski definition) is 1. The molecule has 2 heteroatoms. The highest BCUT2D eigenvalue weighted by Gasteiger charge is 1.94. The fourth-order valence-electron chi connectivity index (χ4n) is 1.30. The Morgan fingerprint density at radius 3 is 2.50 bits per heavy atom. The molecule has 14 heavy (non-hydrogen) atoms. The lowest BCUT2D eigenvalue weighted by Gasteiger charge is -2.03. The lowest BCUT2D eigenvalue weighted by atomic mass is 10.1. The molecule has 0 saturated carbocycles. The molecule has 1 rings (SSSR count). The molecule has 0 aliphatic heterocycles. The van der Waals surface area contributed by atoms with Crippen LogP contribution >= 0.6 is 0 Å². The summed E-state index contributed by atoms with van der Waals surface area (Å²) in [5.41, 5.74) is 2.37. The number of rotatable bonds is 4. The average Bonchev–Trinajstić information content (AvgIpc) is 2.20. The van der Waals surface area contributed by atoms with Crippen molar-refractivity contribution in [1.82, 2.24) is 5.32 Å². The van der Waals surface area contributed by atoms with Gasteiger partial charge in [0.15, 0.2) is 0 Å². The van der Waals surface area contributed by atoms with Crippen LogP contribution in [-0.2, 0) is 0 Å². The number of nitrogens with one attached hydrogen (secondary N) is 1.